The second-order valence-electron chi connectivity index (χ2n) is 3.24. The summed E-state index contributed by atoms with van der Waals surface area (Å²) in [6.07, 6.45) is 1.15. The molecule has 0 amide bonds. The molecule has 1 aliphatic rings. The molecule has 0 spiro atoms. The molecule has 0 fully saturated rings. The van der Waals surface area contributed by atoms with E-state index < -0.39 is 0 Å². The van der Waals surface area contributed by atoms with Crippen molar-refractivity contribution in [3.8, 4) is 0 Å². The van der Waals surface area contributed by atoms with Gasteiger partial charge in [0.05, 0.1) is 0 Å². The van der Waals surface area contributed by atoms with Crippen LogP contribution in [0.5, 0.6) is 0 Å². The largest absolute Gasteiger partial charge is 0.0654 e. The zero-order valence-electron chi connectivity index (χ0n) is 7.52. The third-order valence-corrected chi connectivity index (χ3v) is 2.52. The Morgan fingerprint density at radius 3 is 2.42 bits per heavy atom. The van der Waals surface area contributed by atoms with E-state index in [9.17, 15) is 0 Å². The quantitative estimate of drug-likeness (QED) is 0.644. The Kier molecular flexibility index (Phi) is 3.05. The monoisotopic (exact) mass is 324 g/mol. The molecule has 1 aromatic rings. The molecule has 0 aliphatic heterocycles. The van der Waals surface area contributed by atoms with Gasteiger partial charge in [-0.3, -0.25) is 0 Å². The van der Waals surface area contributed by atoms with E-state index in [2.05, 4.69) is 38.1 Å². The molecule has 60 valence electrons. The molecule has 1 aromatic carbocycles. The fourth-order valence-electron chi connectivity index (χ4n) is 1.69. The molecular formula is C11H12Hf. The van der Waals surface area contributed by atoms with Crippen molar-refractivity contribution in [1.29, 1.82) is 0 Å². The number of allylic oxidation sites excluding steroid dienone is 2. The molecule has 0 radical (unpaired) electrons. The molecule has 0 N–H and O–H groups in total. The minimum Gasteiger partial charge on any atom is -0.0654 e. The van der Waals surface area contributed by atoms with E-state index in [0.717, 1.165) is 6.42 Å². The van der Waals surface area contributed by atoms with Gasteiger partial charge in [-0.25, -0.2) is 0 Å². The zero-order chi connectivity index (χ0) is 7.84. The van der Waals surface area contributed by atoms with E-state index in [4.69, 9.17) is 0 Å². The fraction of sp³-hybridized carbons (Fsp3) is 0.273. The van der Waals surface area contributed by atoms with E-state index in [1.165, 1.54) is 22.3 Å². The Morgan fingerprint density at radius 2 is 1.75 bits per heavy atom. The maximum absolute atomic E-state index is 2.22. The van der Waals surface area contributed by atoms with Gasteiger partial charge in [-0.05, 0) is 37.0 Å². The summed E-state index contributed by atoms with van der Waals surface area (Å²) in [5, 5.41) is 0. The topological polar surface area (TPSA) is 0 Å². The Morgan fingerprint density at radius 1 is 1.08 bits per heavy atom. The summed E-state index contributed by atoms with van der Waals surface area (Å²) in [5.74, 6) is 0. The van der Waals surface area contributed by atoms with Crippen molar-refractivity contribution in [1.82, 2.24) is 0 Å². The SMILES string of the molecule is CC1=C(C)c2ccccc2C1.[Hf]. The van der Waals surface area contributed by atoms with Crippen LogP contribution in [0.15, 0.2) is 29.8 Å². The van der Waals surface area contributed by atoms with E-state index in [0.29, 0.717) is 0 Å². The van der Waals surface area contributed by atoms with Crippen molar-refractivity contribution in [3.63, 3.8) is 0 Å². The Hall–Kier alpha value is -0.170. The third-order valence-electron chi connectivity index (χ3n) is 2.52. The summed E-state index contributed by atoms with van der Waals surface area (Å²) >= 11 is 0. The van der Waals surface area contributed by atoms with Gasteiger partial charge < -0.3 is 0 Å². The van der Waals surface area contributed by atoms with Gasteiger partial charge in [-0.15, -0.1) is 0 Å². The van der Waals surface area contributed by atoms with E-state index in [1.54, 1.807) is 0 Å². The smallest absolute Gasteiger partial charge is 0 e. The van der Waals surface area contributed by atoms with Crippen molar-refractivity contribution in [3.05, 3.63) is 41.0 Å². The van der Waals surface area contributed by atoms with Gasteiger partial charge >= 0.3 is 0 Å². The number of hydrogen-bond acceptors (Lipinski definition) is 0. The van der Waals surface area contributed by atoms with Crippen LogP contribution in [0.25, 0.3) is 5.57 Å². The number of hydrogen-bond donors (Lipinski definition) is 0. The van der Waals surface area contributed by atoms with Crippen LogP contribution in [0.4, 0.5) is 0 Å². The second-order valence-corrected chi connectivity index (χ2v) is 3.24. The summed E-state index contributed by atoms with van der Waals surface area (Å²) in [5.41, 5.74) is 5.93. The van der Waals surface area contributed by atoms with Crippen LogP contribution in [-0.4, -0.2) is 0 Å². The van der Waals surface area contributed by atoms with Crippen LogP contribution in [-0.2, 0) is 32.3 Å². The third kappa shape index (κ3) is 1.47. The summed E-state index contributed by atoms with van der Waals surface area (Å²) < 4.78 is 0. The molecule has 12 heavy (non-hydrogen) atoms. The maximum atomic E-state index is 2.22. The minimum atomic E-state index is 0. The number of fused-ring (bicyclic) bond motifs is 1. The Labute approximate surface area is 92.5 Å². The molecule has 1 heteroatoms. The average Bonchev–Trinajstić information content (AvgIpc) is 2.30. The standard InChI is InChI=1S/C11H12.Hf/c1-8-7-10-5-3-4-6-11(10)9(8)2;/h3-6H,7H2,1-2H3;. The predicted molar refractivity (Wildman–Crippen MR) is 48.4 cm³/mol. The minimum absolute atomic E-state index is 0. The molecule has 1 aliphatic carbocycles. The molecule has 0 aromatic heterocycles. The fourth-order valence-corrected chi connectivity index (χ4v) is 1.69. The van der Waals surface area contributed by atoms with Gasteiger partial charge in [0.15, 0.2) is 0 Å². The van der Waals surface area contributed by atoms with Gasteiger partial charge in [0, 0.05) is 25.8 Å². The summed E-state index contributed by atoms with van der Waals surface area (Å²) in [7, 11) is 0. The van der Waals surface area contributed by atoms with Crippen molar-refractivity contribution in [2.24, 2.45) is 0 Å². The van der Waals surface area contributed by atoms with Crippen LogP contribution >= 0.6 is 0 Å². The molecule has 0 atom stereocenters. The van der Waals surface area contributed by atoms with Crippen molar-refractivity contribution >= 4 is 5.57 Å². The molecular weight excluding hydrogens is 311 g/mol. The van der Waals surface area contributed by atoms with Crippen LogP contribution in [0.2, 0.25) is 0 Å². The van der Waals surface area contributed by atoms with Crippen LogP contribution in [0.3, 0.4) is 0 Å². The maximum Gasteiger partial charge on any atom is 0 e. The van der Waals surface area contributed by atoms with Crippen molar-refractivity contribution in [2.75, 3.05) is 0 Å². The molecule has 0 heterocycles. The average molecular weight is 323 g/mol. The van der Waals surface area contributed by atoms with Crippen LogP contribution in [0, 0.1) is 0 Å². The normalized spacial score (nSPS) is 14.2. The van der Waals surface area contributed by atoms with Crippen LogP contribution < -0.4 is 0 Å². The first-order valence-electron chi connectivity index (χ1n) is 4.03. The van der Waals surface area contributed by atoms with Crippen LogP contribution in [0.1, 0.15) is 25.0 Å². The molecule has 0 unspecified atom stereocenters. The van der Waals surface area contributed by atoms with Gasteiger partial charge in [-0.2, -0.15) is 0 Å². The van der Waals surface area contributed by atoms with Crippen molar-refractivity contribution < 1.29 is 25.8 Å². The predicted octanol–water partition coefficient (Wildman–Crippen LogP) is 3.03. The molecule has 0 bridgehead atoms. The van der Waals surface area contributed by atoms with Gasteiger partial charge in [0.2, 0.25) is 0 Å². The van der Waals surface area contributed by atoms with E-state index in [-0.39, 0.29) is 25.8 Å². The molecule has 0 saturated carbocycles. The molecule has 0 saturated heterocycles. The van der Waals surface area contributed by atoms with Gasteiger partial charge in [-0.1, -0.05) is 29.8 Å². The van der Waals surface area contributed by atoms with Gasteiger partial charge in [0.1, 0.15) is 0 Å². The second kappa shape index (κ2) is 3.69. The summed E-state index contributed by atoms with van der Waals surface area (Å²) in [6, 6.07) is 8.65. The van der Waals surface area contributed by atoms with Gasteiger partial charge in [0.25, 0.3) is 0 Å². The summed E-state index contributed by atoms with van der Waals surface area (Å²) in [4.78, 5) is 0. The van der Waals surface area contributed by atoms with Crippen molar-refractivity contribution in [2.45, 2.75) is 20.3 Å². The van der Waals surface area contributed by atoms with E-state index in [1.807, 2.05) is 0 Å². The zero-order valence-corrected chi connectivity index (χ0v) is 11.1. The Bertz CT molecular complexity index is 324. The first-order valence-corrected chi connectivity index (χ1v) is 4.03. The van der Waals surface area contributed by atoms with E-state index >= 15 is 0 Å². The number of benzene rings is 1. The molecule has 2 rings (SSSR count). The number of rotatable bonds is 0. The first-order chi connectivity index (χ1) is 5.29. The molecule has 0 nitrogen and oxygen atoms in total. The first kappa shape index (κ1) is 9.91. The Balaban J connectivity index is 0.000000720. The summed E-state index contributed by atoms with van der Waals surface area (Å²) in [6.45, 7) is 4.43.